The minimum atomic E-state index is -0.740. The Morgan fingerprint density at radius 3 is 2.96 bits per heavy atom. The number of likely N-dealkylation sites (N-methyl/N-ethyl adjacent to an activating group) is 1. The zero-order valence-corrected chi connectivity index (χ0v) is 14.4. The van der Waals surface area contributed by atoms with Crippen molar-refractivity contribution in [1.29, 1.82) is 0 Å². The van der Waals surface area contributed by atoms with Crippen molar-refractivity contribution in [2.45, 2.75) is 10.4 Å². The average Bonchev–Trinajstić information content (AvgIpc) is 3.03. The molecule has 0 radical (unpaired) electrons. The maximum absolute atomic E-state index is 12.6. The minimum Gasteiger partial charge on any atom is -0.477 e. The summed E-state index contributed by atoms with van der Waals surface area (Å²) in [5.74, 6) is 0.268. The van der Waals surface area contributed by atoms with Crippen LogP contribution in [0.3, 0.4) is 0 Å². The van der Waals surface area contributed by atoms with E-state index in [2.05, 4.69) is 15.5 Å². The number of hydrogen-bond donors (Lipinski definition) is 2. The largest absolute Gasteiger partial charge is 0.477 e. The molecule has 1 aliphatic rings. The molecular formula is C14H15N5O3S2. The Labute approximate surface area is 146 Å². The van der Waals surface area contributed by atoms with Crippen LogP contribution < -0.4 is 20.7 Å². The summed E-state index contributed by atoms with van der Waals surface area (Å²) in [7, 11) is 1.54. The molecule has 0 spiro atoms. The molecule has 1 aliphatic heterocycles. The van der Waals surface area contributed by atoms with E-state index < -0.39 is 6.10 Å². The Morgan fingerprint density at radius 1 is 1.46 bits per heavy atom. The number of nitrogens with two attached hydrogens (primary N) is 1. The molecule has 0 saturated carbocycles. The number of amides is 2. The number of rotatable bonds is 4. The summed E-state index contributed by atoms with van der Waals surface area (Å²) in [5, 5.41) is 10.5. The Morgan fingerprint density at radius 2 is 2.25 bits per heavy atom. The Kier molecular flexibility index (Phi) is 4.86. The lowest BCUT2D eigenvalue weighted by Crippen LogP contribution is -2.50. The summed E-state index contributed by atoms with van der Waals surface area (Å²) >= 11 is 2.50. The molecule has 24 heavy (non-hydrogen) atoms. The van der Waals surface area contributed by atoms with Crippen LogP contribution >= 0.6 is 23.1 Å². The van der Waals surface area contributed by atoms with Crippen molar-refractivity contribution >= 4 is 45.7 Å². The fraction of sp³-hybridized carbons (Fsp3) is 0.286. The third-order valence-corrected chi connectivity index (χ3v) is 5.23. The molecule has 0 fully saturated rings. The maximum atomic E-state index is 12.6. The van der Waals surface area contributed by atoms with Crippen LogP contribution in [0.1, 0.15) is 0 Å². The molecule has 2 heterocycles. The molecule has 3 rings (SSSR count). The van der Waals surface area contributed by atoms with Crippen LogP contribution in [0, 0.1) is 0 Å². The van der Waals surface area contributed by atoms with Gasteiger partial charge in [-0.05, 0) is 12.1 Å². The van der Waals surface area contributed by atoms with Gasteiger partial charge < -0.3 is 20.7 Å². The normalized spacial score (nSPS) is 16.2. The lowest BCUT2D eigenvalue weighted by Gasteiger charge is -2.33. The number of thioether (sulfide) groups is 1. The fourth-order valence-electron chi connectivity index (χ4n) is 2.25. The molecule has 1 atom stereocenters. The maximum Gasteiger partial charge on any atom is 0.262 e. The molecule has 1 aromatic carbocycles. The van der Waals surface area contributed by atoms with Gasteiger partial charge in [-0.3, -0.25) is 9.59 Å². The Bertz CT molecular complexity index is 766. The van der Waals surface area contributed by atoms with E-state index in [4.69, 9.17) is 10.5 Å². The molecule has 126 valence electrons. The molecule has 0 saturated heterocycles. The highest BCUT2D eigenvalue weighted by atomic mass is 32.2. The van der Waals surface area contributed by atoms with E-state index in [1.54, 1.807) is 23.1 Å². The van der Waals surface area contributed by atoms with Gasteiger partial charge in [0, 0.05) is 7.05 Å². The van der Waals surface area contributed by atoms with Crippen molar-refractivity contribution in [3.8, 4) is 5.75 Å². The van der Waals surface area contributed by atoms with Crippen molar-refractivity contribution in [2.75, 3.05) is 30.0 Å². The number of nitrogens with one attached hydrogen (secondary N) is 1. The van der Waals surface area contributed by atoms with E-state index in [0.29, 0.717) is 20.9 Å². The lowest BCUT2D eigenvalue weighted by molar-refractivity contribution is -0.127. The zero-order chi connectivity index (χ0) is 17.1. The molecule has 2 aromatic rings. The highest BCUT2D eigenvalue weighted by Gasteiger charge is 2.33. The number of nitrogen functional groups attached to an aromatic ring is 1. The zero-order valence-electron chi connectivity index (χ0n) is 12.8. The average molecular weight is 365 g/mol. The van der Waals surface area contributed by atoms with Gasteiger partial charge in [-0.2, -0.15) is 0 Å². The second-order valence-electron chi connectivity index (χ2n) is 4.89. The topological polar surface area (TPSA) is 110 Å². The van der Waals surface area contributed by atoms with Crippen molar-refractivity contribution in [3.63, 3.8) is 0 Å². The van der Waals surface area contributed by atoms with E-state index in [0.717, 1.165) is 0 Å². The number of para-hydroxylation sites is 2. The van der Waals surface area contributed by atoms with Crippen molar-refractivity contribution in [1.82, 2.24) is 15.5 Å². The molecule has 3 N–H and O–H groups in total. The third kappa shape index (κ3) is 3.44. The van der Waals surface area contributed by atoms with Crippen LogP contribution in [0.25, 0.3) is 0 Å². The summed E-state index contributed by atoms with van der Waals surface area (Å²) in [4.78, 5) is 26.1. The summed E-state index contributed by atoms with van der Waals surface area (Å²) in [6.07, 6.45) is -0.740. The minimum absolute atomic E-state index is 0.140. The number of nitrogens with zero attached hydrogens (tertiary/aromatic N) is 3. The molecule has 10 heteroatoms. The number of carbonyl (C=O) groups is 2. The van der Waals surface area contributed by atoms with Gasteiger partial charge in [0.2, 0.25) is 11.0 Å². The Balaban J connectivity index is 1.76. The molecule has 8 nitrogen and oxygen atoms in total. The first-order chi connectivity index (χ1) is 11.6. The monoisotopic (exact) mass is 365 g/mol. The number of aromatic nitrogens is 2. The molecular weight excluding hydrogens is 350 g/mol. The van der Waals surface area contributed by atoms with Gasteiger partial charge in [0.1, 0.15) is 5.75 Å². The van der Waals surface area contributed by atoms with Crippen LogP contribution in [0.5, 0.6) is 5.75 Å². The van der Waals surface area contributed by atoms with Crippen molar-refractivity contribution in [2.24, 2.45) is 0 Å². The second kappa shape index (κ2) is 7.05. The summed E-state index contributed by atoms with van der Waals surface area (Å²) in [6.45, 7) is 0.161. The molecule has 0 bridgehead atoms. The summed E-state index contributed by atoms with van der Waals surface area (Å²) in [5.41, 5.74) is 6.19. The number of hydrogen-bond acceptors (Lipinski definition) is 8. The Hall–Kier alpha value is -2.33. The van der Waals surface area contributed by atoms with E-state index in [9.17, 15) is 9.59 Å². The van der Waals surface area contributed by atoms with Gasteiger partial charge in [0.25, 0.3) is 5.91 Å². The lowest BCUT2D eigenvalue weighted by atomic mass is 10.2. The molecule has 2 amide bonds. The highest BCUT2D eigenvalue weighted by molar-refractivity contribution is 8.01. The summed E-state index contributed by atoms with van der Waals surface area (Å²) in [6, 6.07) is 7.15. The number of anilines is 2. The van der Waals surface area contributed by atoms with Crippen molar-refractivity contribution < 1.29 is 14.3 Å². The first-order valence-electron chi connectivity index (χ1n) is 7.08. The first kappa shape index (κ1) is 16.5. The van der Waals surface area contributed by atoms with Crippen LogP contribution in [0.2, 0.25) is 0 Å². The van der Waals surface area contributed by atoms with Crippen LogP contribution in [-0.2, 0) is 9.59 Å². The first-order valence-corrected chi connectivity index (χ1v) is 8.88. The van der Waals surface area contributed by atoms with Gasteiger partial charge in [-0.25, -0.2) is 0 Å². The van der Waals surface area contributed by atoms with Crippen molar-refractivity contribution in [3.05, 3.63) is 24.3 Å². The van der Waals surface area contributed by atoms with Crippen LogP contribution in [-0.4, -0.2) is 47.5 Å². The number of benzene rings is 1. The van der Waals surface area contributed by atoms with E-state index in [1.807, 2.05) is 6.07 Å². The molecule has 1 aromatic heterocycles. The van der Waals surface area contributed by atoms with E-state index in [-0.39, 0.29) is 24.1 Å². The number of carbonyl (C=O) groups excluding carboxylic acids is 2. The third-order valence-electron chi connectivity index (χ3n) is 3.35. The quantitative estimate of drug-likeness (QED) is 0.769. The smallest absolute Gasteiger partial charge is 0.262 e. The molecule has 0 unspecified atom stereocenters. The molecule has 0 aliphatic carbocycles. The highest BCUT2D eigenvalue weighted by Crippen LogP contribution is 2.34. The number of ether oxygens (including phenoxy) is 1. The summed E-state index contributed by atoms with van der Waals surface area (Å²) < 4.78 is 6.31. The second-order valence-corrected chi connectivity index (χ2v) is 7.12. The SMILES string of the molecule is CNC(=O)[C@H]1CN(C(=O)CSc2nnc(N)s2)c2ccccc2O1. The predicted octanol–water partition coefficient (Wildman–Crippen LogP) is 0.753. The van der Waals surface area contributed by atoms with E-state index in [1.165, 1.54) is 30.1 Å². The fourth-order valence-corrected chi connectivity index (χ4v) is 3.76. The van der Waals surface area contributed by atoms with Gasteiger partial charge in [-0.1, -0.05) is 35.2 Å². The van der Waals surface area contributed by atoms with Gasteiger partial charge in [-0.15, -0.1) is 10.2 Å². The van der Waals surface area contributed by atoms with Crippen LogP contribution in [0.4, 0.5) is 10.8 Å². The van der Waals surface area contributed by atoms with E-state index >= 15 is 0 Å². The van der Waals surface area contributed by atoms with Crippen LogP contribution in [0.15, 0.2) is 28.6 Å². The van der Waals surface area contributed by atoms with Gasteiger partial charge in [0.05, 0.1) is 18.0 Å². The van der Waals surface area contributed by atoms with Gasteiger partial charge >= 0.3 is 0 Å². The predicted molar refractivity (Wildman–Crippen MR) is 92.3 cm³/mol. The standard InChI is InChI=1S/C14H15N5O3S2/c1-16-12(21)10-6-19(8-4-2-3-5-9(8)22-10)11(20)7-23-14-18-17-13(15)24-14/h2-5,10H,6-7H2,1H3,(H2,15,17)(H,16,21)/t10-/m1/s1. The van der Waals surface area contributed by atoms with Gasteiger partial charge in [0.15, 0.2) is 10.4 Å². The number of fused-ring (bicyclic) bond motifs is 1.